The Morgan fingerprint density at radius 3 is 2.71 bits per heavy atom. The first-order chi connectivity index (χ1) is 15.1. The molecule has 2 saturated heterocycles. The Morgan fingerprint density at radius 2 is 1.97 bits per heavy atom. The number of morpholine rings is 1. The largest absolute Gasteiger partial charge is 0.497 e. The van der Waals surface area contributed by atoms with Crippen LogP contribution in [0.25, 0.3) is 0 Å². The van der Waals surface area contributed by atoms with Gasteiger partial charge < -0.3 is 24.6 Å². The zero-order chi connectivity index (χ0) is 21.4. The van der Waals surface area contributed by atoms with Crippen molar-refractivity contribution in [3.05, 3.63) is 23.8 Å². The molecule has 1 aliphatic carbocycles. The van der Waals surface area contributed by atoms with Gasteiger partial charge >= 0.3 is 0 Å². The lowest BCUT2D eigenvalue weighted by molar-refractivity contribution is -0.136. The summed E-state index contributed by atoms with van der Waals surface area (Å²) in [5.74, 6) is 1.04. The number of benzene rings is 1. The maximum Gasteiger partial charge on any atom is 0.236 e. The molecule has 4 aliphatic rings. The maximum atomic E-state index is 13.1. The van der Waals surface area contributed by atoms with Gasteiger partial charge in [0.25, 0.3) is 0 Å². The third kappa shape index (κ3) is 4.36. The van der Waals surface area contributed by atoms with E-state index in [1.807, 2.05) is 11.0 Å². The monoisotopic (exact) mass is 428 g/mol. The summed E-state index contributed by atoms with van der Waals surface area (Å²) in [5.41, 5.74) is 2.37. The summed E-state index contributed by atoms with van der Waals surface area (Å²) in [7, 11) is 1.68. The molecule has 8 nitrogen and oxygen atoms in total. The first-order valence-electron chi connectivity index (χ1n) is 11.4. The van der Waals surface area contributed by atoms with E-state index in [2.05, 4.69) is 27.2 Å². The van der Waals surface area contributed by atoms with E-state index < -0.39 is 0 Å². The molecule has 168 valence electrons. The highest BCUT2D eigenvalue weighted by Gasteiger charge is 2.43. The quantitative estimate of drug-likeness (QED) is 0.736. The van der Waals surface area contributed by atoms with Crippen LogP contribution in [0.2, 0.25) is 0 Å². The average Bonchev–Trinajstić information content (AvgIpc) is 3.62. The molecule has 3 aliphatic heterocycles. The predicted octanol–water partition coefficient (Wildman–Crippen LogP) is 0.496. The molecule has 0 spiro atoms. The number of methoxy groups -OCH3 is 1. The highest BCUT2D eigenvalue weighted by Crippen LogP contribution is 2.38. The molecule has 0 bridgehead atoms. The van der Waals surface area contributed by atoms with E-state index in [0.29, 0.717) is 38.9 Å². The number of fused-ring (bicyclic) bond motifs is 3. The van der Waals surface area contributed by atoms with Gasteiger partial charge in [-0.2, -0.15) is 0 Å². The van der Waals surface area contributed by atoms with E-state index in [4.69, 9.17) is 9.47 Å². The fourth-order valence-electron chi connectivity index (χ4n) is 5.05. The van der Waals surface area contributed by atoms with Gasteiger partial charge in [-0.3, -0.25) is 14.5 Å². The first-order valence-corrected chi connectivity index (χ1v) is 11.4. The number of carbonyl (C=O) groups excluding carboxylic acids is 2. The van der Waals surface area contributed by atoms with Gasteiger partial charge in [0.05, 0.1) is 38.8 Å². The second-order valence-electron chi connectivity index (χ2n) is 9.08. The topological polar surface area (TPSA) is 74.3 Å². The van der Waals surface area contributed by atoms with Crippen molar-refractivity contribution >= 4 is 17.5 Å². The van der Waals surface area contributed by atoms with Crippen LogP contribution in [-0.4, -0.2) is 93.3 Å². The fourth-order valence-corrected chi connectivity index (χ4v) is 5.05. The number of hydrogen-bond donors (Lipinski definition) is 1. The fraction of sp³-hybridized carbons (Fsp3) is 0.652. The van der Waals surface area contributed by atoms with Crippen LogP contribution < -0.4 is 15.0 Å². The van der Waals surface area contributed by atoms with Crippen LogP contribution in [-0.2, 0) is 20.7 Å². The van der Waals surface area contributed by atoms with Crippen molar-refractivity contribution in [1.82, 2.24) is 15.1 Å². The minimum atomic E-state index is -0.109. The molecule has 0 unspecified atom stereocenters. The van der Waals surface area contributed by atoms with Crippen molar-refractivity contribution in [2.45, 2.75) is 31.3 Å². The molecule has 3 heterocycles. The third-order valence-corrected chi connectivity index (χ3v) is 6.99. The minimum absolute atomic E-state index is 0.0598. The molecule has 31 heavy (non-hydrogen) atoms. The van der Waals surface area contributed by atoms with Crippen LogP contribution >= 0.6 is 0 Å². The Bertz CT molecular complexity index is 837. The molecule has 1 aromatic carbocycles. The van der Waals surface area contributed by atoms with E-state index in [0.717, 1.165) is 44.6 Å². The van der Waals surface area contributed by atoms with Crippen molar-refractivity contribution in [1.29, 1.82) is 0 Å². The van der Waals surface area contributed by atoms with Crippen molar-refractivity contribution < 1.29 is 19.1 Å². The van der Waals surface area contributed by atoms with E-state index in [1.165, 1.54) is 11.3 Å². The SMILES string of the molecule is COc1ccc2c(c1)N1CCN(CC(=O)N3CCOCC3)C[C@H]1[C@@H](C(=O)NC1CC1)C2. The normalized spacial score (nSPS) is 26.1. The number of rotatable bonds is 5. The number of piperazine rings is 1. The van der Waals surface area contributed by atoms with E-state index in [1.54, 1.807) is 7.11 Å². The number of nitrogens with zero attached hydrogens (tertiary/aromatic N) is 3. The second kappa shape index (κ2) is 8.67. The predicted molar refractivity (Wildman–Crippen MR) is 116 cm³/mol. The maximum absolute atomic E-state index is 13.1. The van der Waals surface area contributed by atoms with Gasteiger partial charge in [-0.1, -0.05) is 6.07 Å². The summed E-state index contributed by atoms with van der Waals surface area (Å²) in [6.07, 6.45) is 2.89. The molecule has 2 amide bonds. The number of anilines is 1. The van der Waals surface area contributed by atoms with Crippen LogP contribution in [0, 0.1) is 5.92 Å². The number of carbonyl (C=O) groups is 2. The number of nitrogens with one attached hydrogen (secondary N) is 1. The molecular formula is C23H32N4O4. The Labute approximate surface area is 183 Å². The second-order valence-corrected chi connectivity index (χ2v) is 9.08. The molecule has 0 aromatic heterocycles. The highest BCUT2D eigenvalue weighted by atomic mass is 16.5. The summed E-state index contributed by atoms with van der Waals surface area (Å²) >= 11 is 0. The smallest absolute Gasteiger partial charge is 0.236 e. The molecule has 8 heteroatoms. The Kier molecular flexibility index (Phi) is 5.75. The van der Waals surface area contributed by atoms with Crippen LogP contribution in [0.5, 0.6) is 5.75 Å². The lowest BCUT2D eigenvalue weighted by Crippen LogP contribution is -2.62. The van der Waals surface area contributed by atoms with E-state index in [-0.39, 0.29) is 23.8 Å². The molecule has 3 fully saturated rings. The van der Waals surface area contributed by atoms with Crippen LogP contribution in [0.4, 0.5) is 5.69 Å². The standard InChI is InChI=1S/C23H32N4O4/c1-30-18-5-2-16-12-19(23(29)24-17-3-4-17)21-14-25(6-7-27(21)20(16)13-18)15-22(28)26-8-10-31-11-9-26/h2,5,13,17,19,21H,3-4,6-12,14-15H2,1H3,(H,24,29)/t19-,21-/m0/s1. The molecule has 0 radical (unpaired) electrons. The lowest BCUT2D eigenvalue weighted by Gasteiger charge is -2.49. The van der Waals surface area contributed by atoms with Crippen LogP contribution in [0.3, 0.4) is 0 Å². The van der Waals surface area contributed by atoms with Gasteiger partial charge in [-0.25, -0.2) is 0 Å². The first kappa shape index (κ1) is 20.6. The van der Waals surface area contributed by atoms with Gasteiger partial charge in [0, 0.05) is 50.5 Å². The molecule has 2 atom stereocenters. The van der Waals surface area contributed by atoms with E-state index in [9.17, 15) is 9.59 Å². The molecule has 1 saturated carbocycles. The Balaban J connectivity index is 1.34. The summed E-state index contributed by atoms with van der Waals surface area (Å²) in [4.78, 5) is 32.4. The Morgan fingerprint density at radius 1 is 1.16 bits per heavy atom. The Hall–Kier alpha value is -2.32. The van der Waals surface area contributed by atoms with Gasteiger partial charge in [-0.05, 0) is 30.9 Å². The number of amides is 2. The highest BCUT2D eigenvalue weighted by molar-refractivity contribution is 5.83. The number of ether oxygens (including phenoxy) is 2. The van der Waals surface area contributed by atoms with Gasteiger partial charge in [0.15, 0.2) is 0 Å². The summed E-state index contributed by atoms with van der Waals surface area (Å²) in [5, 5.41) is 3.22. The lowest BCUT2D eigenvalue weighted by atomic mass is 9.83. The number of hydrogen-bond acceptors (Lipinski definition) is 6. The van der Waals surface area contributed by atoms with E-state index >= 15 is 0 Å². The van der Waals surface area contributed by atoms with Gasteiger partial charge in [0.1, 0.15) is 5.75 Å². The summed E-state index contributed by atoms with van der Waals surface area (Å²) in [6, 6.07) is 6.57. The van der Waals surface area contributed by atoms with Gasteiger partial charge in [-0.15, -0.1) is 0 Å². The van der Waals surface area contributed by atoms with Crippen molar-refractivity contribution in [3.8, 4) is 5.75 Å². The third-order valence-electron chi connectivity index (χ3n) is 6.99. The van der Waals surface area contributed by atoms with Gasteiger partial charge in [0.2, 0.25) is 11.8 Å². The summed E-state index contributed by atoms with van der Waals surface area (Å²) < 4.78 is 10.8. The van der Waals surface area contributed by atoms with Crippen LogP contribution in [0.1, 0.15) is 18.4 Å². The minimum Gasteiger partial charge on any atom is -0.497 e. The van der Waals surface area contributed by atoms with Crippen molar-refractivity contribution in [2.24, 2.45) is 5.92 Å². The summed E-state index contributed by atoms with van der Waals surface area (Å²) in [6.45, 7) is 5.30. The molecule has 1 aromatic rings. The zero-order valence-corrected chi connectivity index (χ0v) is 18.2. The average molecular weight is 429 g/mol. The molecule has 5 rings (SSSR count). The zero-order valence-electron chi connectivity index (χ0n) is 18.2. The van der Waals surface area contributed by atoms with Crippen LogP contribution in [0.15, 0.2) is 18.2 Å². The van der Waals surface area contributed by atoms with Crippen molar-refractivity contribution in [3.63, 3.8) is 0 Å². The molecular weight excluding hydrogens is 396 g/mol. The molecule has 1 N–H and O–H groups in total. The van der Waals surface area contributed by atoms with Crippen molar-refractivity contribution in [2.75, 3.05) is 64.5 Å².